The minimum absolute atomic E-state index is 0.000470. The Bertz CT molecular complexity index is 755. The van der Waals surface area contributed by atoms with Crippen LogP contribution in [0, 0.1) is 3.57 Å². The Morgan fingerprint density at radius 1 is 0.636 bits per heavy atom. The molecule has 0 amide bonds. The average molecular weight is 398 g/mol. The second kappa shape index (κ2) is 6.25. The van der Waals surface area contributed by atoms with Crippen molar-refractivity contribution in [3.8, 4) is 11.1 Å². The monoisotopic (exact) mass is 398 g/mol. The van der Waals surface area contributed by atoms with Crippen LogP contribution in [0.1, 0.15) is 25.0 Å². The SMILES string of the molecule is CC(C)(c1ccccc1)c1cccc(-c2ccc(I)cc2)c1. The topological polar surface area (TPSA) is 0 Å². The van der Waals surface area contributed by atoms with Gasteiger partial charge in [-0.15, -0.1) is 0 Å². The summed E-state index contributed by atoms with van der Waals surface area (Å²) in [5.74, 6) is 0. The van der Waals surface area contributed by atoms with Gasteiger partial charge in [-0.1, -0.05) is 80.6 Å². The van der Waals surface area contributed by atoms with Gasteiger partial charge in [0, 0.05) is 8.99 Å². The molecule has 0 aliphatic heterocycles. The first kappa shape index (κ1) is 15.3. The van der Waals surface area contributed by atoms with Crippen LogP contribution in [0.4, 0.5) is 0 Å². The van der Waals surface area contributed by atoms with E-state index in [9.17, 15) is 0 Å². The molecule has 0 spiro atoms. The molecule has 0 heterocycles. The largest absolute Gasteiger partial charge is 0.0622 e. The van der Waals surface area contributed by atoms with Crippen molar-refractivity contribution >= 4 is 22.6 Å². The normalized spacial score (nSPS) is 11.4. The van der Waals surface area contributed by atoms with Gasteiger partial charge >= 0.3 is 0 Å². The number of hydrogen-bond acceptors (Lipinski definition) is 0. The Labute approximate surface area is 146 Å². The van der Waals surface area contributed by atoms with Crippen molar-refractivity contribution in [1.82, 2.24) is 0 Å². The molecule has 0 saturated heterocycles. The van der Waals surface area contributed by atoms with Gasteiger partial charge in [0.15, 0.2) is 0 Å². The molecule has 0 aliphatic rings. The summed E-state index contributed by atoms with van der Waals surface area (Å²) in [5.41, 5.74) is 5.23. The average Bonchev–Trinajstić information content (AvgIpc) is 2.56. The molecule has 1 heteroatoms. The molecule has 0 atom stereocenters. The quantitative estimate of drug-likeness (QED) is 0.455. The van der Waals surface area contributed by atoms with E-state index in [1.807, 2.05) is 0 Å². The molecule has 3 aromatic rings. The minimum atomic E-state index is 0.000470. The van der Waals surface area contributed by atoms with Crippen molar-refractivity contribution < 1.29 is 0 Å². The summed E-state index contributed by atoms with van der Waals surface area (Å²) >= 11 is 2.34. The van der Waals surface area contributed by atoms with Crippen LogP contribution in [0.5, 0.6) is 0 Å². The maximum absolute atomic E-state index is 2.34. The summed E-state index contributed by atoms with van der Waals surface area (Å²) in [6.07, 6.45) is 0. The van der Waals surface area contributed by atoms with Gasteiger partial charge in [0.2, 0.25) is 0 Å². The molecule has 0 saturated carbocycles. The summed E-state index contributed by atoms with van der Waals surface area (Å²) in [4.78, 5) is 0. The van der Waals surface area contributed by atoms with Gasteiger partial charge in [-0.05, 0) is 57.0 Å². The Morgan fingerprint density at radius 3 is 1.95 bits per heavy atom. The zero-order chi connectivity index (χ0) is 15.6. The van der Waals surface area contributed by atoms with E-state index in [1.54, 1.807) is 0 Å². The van der Waals surface area contributed by atoms with Crippen molar-refractivity contribution in [2.75, 3.05) is 0 Å². The first-order chi connectivity index (χ1) is 10.6. The fraction of sp³-hybridized carbons (Fsp3) is 0.143. The summed E-state index contributed by atoms with van der Waals surface area (Å²) in [6.45, 7) is 4.57. The van der Waals surface area contributed by atoms with Gasteiger partial charge in [0.25, 0.3) is 0 Å². The highest BCUT2D eigenvalue weighted by molar-refractivity contribution is 14.1. The maximum Gasteiger partial charge on any atom is 0.0146 e. The number of halogens is 1. The van der Waals surface area contributed by atoms with Gasteiger partial charge in [-0.3, -0.25) is 0 Å². The minimum Gasteiger partial charge on any atom is -0.0622 e. The first-order valence-corrected chi connectivity index (χ1v) is 8.57. The summed E-state index contributed by atoms with van der Waals surface area (Å²) in [6, 6.07) is 28.3. The molecule has 0 fully saturated rings. The van der Waals surface area contributed by atoms with Crippen molar-refractivity contribution in [2.24, 2.45) is 0 Å². The Kier molecular flexibility index (Phi) is 4.34. The molecule has 0 N–H and O–H groups in total. The van der Waals surface area contributed by atoms with Crippen molar-refractivity contribution in [3.05, 3.63) is 93.6 Å². The molecule has 3 aromatic carbocycles. The van der Waals surface area contributed by atoms with Crippen LogP contribution in [-0.2, 0) is 5.41 Å². The van der Waals surface area contributed by atoms with Gasteiger partial charge in [0.1, 0.15) is 0 Å². The lowest BCUT2D eigenvalue weighted by Crippen LogP contribution is -2.18. The molecule has 0 aromatic heterocycles. The highest BCUT2D eigenvalue weighted by atomic mass is 127. The number of benzene rings is 3. The van der Waals surface area contributed by atoms with E-state index in [-0.39, 0.29) is 5.41 Å². The smallest absolute Gasteiger partial charge is 0.0146 e. The van der Waals surface area contributed by atoms with E-state index in [0.29, 0.717) is 0 Å². The van der Waals surface area contributed by atoms with Crippen LogP contribution in [0.15, 0.2) is 78.9 Å². The second-order valence-electron chi connectivity index (χ2n) is 6.08. The van der Waals surface area contributed by atoms with Crippen molar-refractivity contribution in [3.63, 3.8) is 0 Å². The van der Waals surface area contributed by atoms with Crippen LogP contribution in [0.3, 0.4) is 0 Å². The Morgan fingerprint density at radius 2 is 1.27 bits per heavy atom. The van der Waals surface area contributed by atoms with E-state index < -0.39 is 0 Å². The van der Waals surface area contributed by atoms with Gasteiger partial charge < -0.3 is 0 Å². The fourth-order valence-corrected chi connectivity index (χ4v) is 3.11. The van der Waals surface area contributed by atoms with Crippen LogP contribution < -0.4 is 0 Å². The van der Waals surface area contributed by atoms with Crippen molar-refractivity contribution in [1.29, 1.82) is 0 Å². The standard InChI is InChI=1S/C21H19I/c1-21(2,18-8-4-3-5-9-18)19-10-6-7-17(15-19)16-11-13-20(22)14-12-16/h3-15H,1-2H3. The predicted octanol–water partition coefficient (Wildman–Crippen LogP) is 6.28. The van der Waals surface area contributed by atoms with Crippen LogP contribution in [0.25, 0.3) is 11.1 Å². The third-order valence-electron chi connectivity index (χ3n) is 4.26. The van der Waals surface area contributed by atoms with E-state index in [0.717, 1.165) is 0 Å². The second-order valence-corrected chi connectivity index (χ2v) is 7.32. The molecule has 0 bridgehead atoms. The van der Waals surface area contributed by atoms with E-state index in [4.69, 9.17) is 0 Å². The molecule has 110 valence electrons. The summed E-state index contributed by atoms with van der Waals surface area (Å²) in [5, 5.41) is 0. The van der Waals surface area contributed by atoms with Crippen LogP contribution in [-0.4, -0.2) is 0 Å². The molecule has 0 aliphatic carbocycles. The lowest BCUT2D eigenvalue weighted by molar-refractivity contribution is 0.641. The fourth-order valence-electron chi connectivity index (χ4n) is 2.75. The van der Waals surface area contributed by atoms with Crippen molar-refractivity contribution in [2.45, 2.75) is 19.3 Å². The highest BCUT2D eigenvalue weighted by Crippen LogP contribution is 2.33. The molecular weight excluding hydrogens is 379 g/mol. The van der Waals surface area contributed by atoms with E-state index in [1.165, 1.54) is 25.8 Å². The molecular formula is C21H19I. The molecule has 0 nitrogen and oxygen atoms in total. The van der Waals surface area contributed by atoms with Gasteiger partial charge in [-0.2, -0.15) is 0 Å². The highest BCUT2D eigenvalue weighted by Gasteiger charge is 2.22. The van der Waals surface area contributed by atoms with Crippen LogP contribution in [0.2, 0.25) is 0 Å². The lowest BCUT2D eigenvalue weighted by Gasteiger charge is -2.26. The number of hydrogen-bond donors (Lipinski definition) is 0. The zero-order valence-electron chi connectivity index (χ0n) is 12.9. The van der Waals surface area contributed by atoms with E-state index in [2.05, 4.69) is 115 Å². The lowest BCUT2D eigenvalue weighted by atomic mass is 9.77. The Hall–Kier alpha value is -1.61. The maximum atomic E-state index is 2.34. The van der Waals surface area contributed by atoms with Gasteiger partial charge in [0.05, 0.1) is 0 Å². The van der Waals surface area contributed by atoms with E-state index >= 15 is 0 Å². The Balaban J connectivity index is 2.02. The summed E-state index contributed by atoms with van der Waals surface area (Å²) < 4.78 is 1.27. The zero-order valence-corrected chi connectivity index (χ0v) is 15.0. The predicted molar refractivity (Wildman–Crippen MR) is 103 cm³/mol. The summed E-state index contributed by atoms with van der Waals surface area (Å²) in [7, 11) is 0. The number of rotatable bonds is 3. The third kappa shape index (κ3) is 3.09. The third-order valence-corrected chi connectivity index (χ3v) is 4.98. The first-order valence-electron chi connectivity index (χ1n) is 7.49. The molecule has 3 rings (SSSR count). The van der Waals surface area contributed by atoms with Crippen LogP contribution >= 0.6 is 22.6 Å². The van der Waals surface area contributed by atoms with Gasteiger partial charge in [-0.25, -0.2) is 0 Å². The molecule has 0 radical (unpaired) electrons. The molecule has 0 unspecified atom stereocenters. The molecule has 22 heavy (non-hydrogen) atoms.